The number of alkyl halides is 6. The molecule has 1 aromatic carbocycles. The number of carbonyl (C=O) groups excluding carboxylic acids is 1. The fourth-order valence-corrected chi connectivity index (χ4v) is 1.91. The van der Waals surface area contributed by atoms with Crippen LogP contribution in [0.5, 0.6) is 0 Å². The summed E-state index contributed by atoms with van der Waals surface area (Å²) in [7, 11) is 0. The molecule has 134 valence electrons. The number of para-hydroxylation sites is 1. The Balaban J connectivity index is 3.32. The average molecular weight is 355 g/mol. The molecule has 3 nitrogen and oxygen atoms in total. The van der Waals surface area contributed by atoms with Crippen LogP contribution < -0.4 is 5.32 Å². The molecule has 0 saturated carbocycles. The van der Waals surface area contributed by atoms with Gasteiger partial charge in [-0.25, -0.2) is 0 Å². The molecular formula is C15H15F6NO2. The maximum atomic E-state index is 13.0. The van der Waals surface area contributed by atoms with Crippen molar-refractivity contribution in [3.05, 3.63) is 42.0 Å². The highest BCUT2D eigenvalue weighted by atomic mass is 19.4. The van der Waals surface area contributed by atoms with E-state index < -0.39 is 35.1 Å². The lowest BCUT2D eigenvalue weighted by molar-refractivity contribution is -0.376. The molecule has 0 atom stereocenters. The van der Waals surface area contributed by atoms with E-state index in [-0.39, 0.29) is 0 Å². The number of hydrogen-bond donors (Lipinski definition) is 2. The van der Waals surface area contributed by atoms with Crippen molar-refractivity contribution in [1.82, 2.24) is 0 Å². The number of unbranched alkanes of at least 4 members (excludes halogenated alkanes) is 1. The second-order valence-electron chi connectivity index (χ2n) is 4.93. The maximum absolute atomic E-state index is 13.0. The summed E-state index contributed by atoms with van der Waals surface area (Å²) in [6.45, 7) is 1.82. The molecular weight excluding hydrogens is 340 g/mol. The molecule has 9 heteroatoms. The summed E-state index contributed by atoms with van der Waals surface area (Å²) in [6, 6.07) is 3.36. The minimum atomic E-state index is -6.02. The molecule has 0 aliphatic rings. The topological polar surface area (TPSA) is 49.3 Å². The van der Waals surface area contributed by atoms with Crippen LogP contribution in [0.1, 0.15) is 25.3 Å². The van der Waals surface area contributed by atoms with Gasteiger partial charge >= 0.3 is 12.4 Å². The van der Waals surface area contributed by atoms with Crippen molar-refractivity contribution in [3.8, 4) is 0 Å². The molecule has 0 aliphatic carbocycles. The van der Waals surface area contributed by atoms with E-state index in [2.05, 4.69) is 0 Å². The van der Waals surface area contributed by atoms with Gasteiger partial charge in [0.2, 0.25) is 5.91 Å². The van der Waals surface area contributed by atoms with Gasteiger partial charge in [0, 0.05) is 11.3 Å². The Morgan fingerprint density at radius 3 is 2.17 bits per heavy atom. The lowest BCUT2D eigenvalue weighted by atomic mass is 9.90. The van der Waals surface area contributed by atoms with Gasteiger partial charge < -0.3 is 10.4 Å². The van der Waals surface area contributed by atoms with E-state index in [0.717, 1.165) is 24.3 Å². The Kier molecular flexibility index (Phi) is 6.04. The van der Waals surface area contributed by atoms with E-state index in [4.69, 9.17) is 0 Å². The zero-order valence-corrected chi connectivity index (χ0v) is 12.5. The summed E-state index contributed by atoms with van der Waals surface area (Å²) >= 11 is 0. The first-order valence-electron chi connectivity index (χ1n) is 6.88. The highest BCUT2D eigenvalue weighted by molar-refractivity contribution is 5.99. The number of hydrogen-bond acceptors (Lipinski definition) is 2. The van der Waals surface area contributed by atoms with Crippen LogP contribution in [0.2, 0.25) is 0 Å². The van der Waals surface area contributed by atoms with Crippen LogP contribution >= 0.6 is 0 Å². The van der Waals surface area contributed by atoms with Gasteiger partial charge in [-0.05, 0) is 18.6 Å². The predicted octanol–water partition coefficient (Wildman–Crippen LogP) is 4.29. The summed E-state index contributed by atoms with van der Waals surface area (Å²) in [5.74, 6) is -0.900. The molecule has 0 aliphatic heterocycles. The largest absolute Gasteiger partial charge is 0.430 e. The minimum Gasteiger partial charge on any atom is -0.369 e. The Hall–Kier alpha value is -2.03. The standard InChI is InChI=1S/C15H15F6NO2/c1-2-3-4-9-12(23)22-11-8-6-5-7-10(11)13(24,14(16,17)18)15(19,20)21/h4-9,24H,2-3H2,1H3,(H,22,23)/b9-4+. The van der Waals surface area contributed by atoms with Crippen LogP contribution in [-0.2, 0) is 10.4 Å². The third-order valence-corrected chi connectivity index (χ3v) is 3.12. The highest BCUT2D eigenvalue weighted by Crippen LogP contribution is 2.51. The Bertz CT molecular complexity index is 593. The van der Waals surface area contributed by atoms with Gasteiger partial charge in [0.05, 0.1) is 0 Å². The van der Waals surface area contributed by atoms with Gasteiger partial charge in [-0.1, -0.05) is 37.6 Å². The van der Waals surface area contributed by atoms with Gasteiger partial charge in [0.15, 0.2) is 0 Å². The monoisotopic (exact) mass is 355 g/mol. The van der Waals surface area contributed by atoms with E-state index in [1.807, 2.05) is 12.2 Å². The molecule has 0 unspecified atom stereocenters. The van der Waals surface area contributed by atoms with Crippen LogP contribution in [0.15, 0.2) is 36.4 Å². The second kappa shape index (κ2) is 7.25. The number of allylic oxidation sites excluding steroid dienone is 1. The Labute approximate surface area is 134 Å². The van der Waals surface area contributed by atoms with Gasteiger partial charge in [-0.3, -0.25) is 4.79 Å². The molecule has 1 rings (SSSR count). The van der Waals surface area contributed by atoms with Gasteiger partial charge in [-0.15, -0.1) is 0 Å². The first-order valence-corrected chi connectivity index (χ1v) is 6.88. The lowest BCUT2D eigenvalue weighted by Gasteiger charge is -2.33. The number of benzene rings is 1. The molecule has 0 aromatic heterocycles. The van der Waals surface area contributed by atoms with Gasteiger partial charge in [-0.2, -0.15) is 26.3 Å². The molecule has 0 spiro atoms. The molecule has 0 heterocycles. The SMILES string of the molecule is CCC/C=C/C(=O)Nc1ccccc1C(O)(C(F)(F)F)C(F)(F)F. The quantitative estimate of drug-likeness (QED) is 0.611. The number of halogens is 6. The summed E-state index contributed by atoms with van der Waals surface area (Å²) < 4.78 is 77.7. The van der Waals surface area contributed by atoms with E-state index in [0.29, 0.717) is 18.9 Å². The van der Waals surface area contributed by atoms with Crippen LogP contribution in [0.4, 0.5) is 32.0 Å². The molecule has 1 amide bonds. The molecule has 0 saturated heterocycles. The van der Waals surface area contributed by atoms with Gasteiger partial charge in [0.25, 0.3) is 5.60 Å². The van der Waals surface area contributed by atoms with Crippen molar-refractivity contribution < 1.29 is 36.2 Å². The van der Waals surface area contributed by atoms with Crippen molar-refractivity contribution in [2.75, 3.05) is 5.32 Å². The number of carbonyl (C=O) groups is 1. The second-order valence-corrected chi connectivity index (χ2v) is 4.93. The third-order valence-electron chi connectivity index (χ3n) is 3.12. The van der Waals surface area contributed by atoms with Crippen molar-refractivity contribution >= 4 is 11.6 Å². The minimum absolute atomic E-state index is 0.465. The predicted molar refractivity (Wildman–Crippen MR) is 75.1 cm³/mol. The van der Waals surface area contributed by atoms with Crippen LogP contribution in [0.3, 0.4) is 0 Å². The fraction of sp³-hybridized carbons (Fsp3) is 0.400. The number of aliphatic hydroxyl groups is 1. The van der Waals surface area contributed by atoms with Crippen LogP contribution in [0, 0.1) is 0 Å². The molecule has 0 radical (unpaired) electrons. The fourth-order valence-electron chi connectivity index (χ4n) is 1.91. The van der Waals surface area contributed by atoms with E-state index >= 15 is 0 Å². The smallest absolute Gasteiger partial charge is 0.369 e. The zero-order chi connectivity index (χ0) is 18.6. The summed E-state index contributed by atoms with van der Waals surface area (Å²) in [6.07, 6.45) is -8.39. The number of nitrogens with one attached hydrogen (secondary N) is 1. The van der Waals surface area contributed by atoms with Crippen molar-refractivity contribution in [3.63, 3.8) is 0 Å². The number of amides is 1. The molecule has 1 aromatic rings. The van der Waals surface area contributed by atoms with Crippen LogP contribution in [-0.4, -0.2) is 23.4 Å². The summed E-state index contributed by atoms with van der Waals surface area (Å²) in [5, 5.41) is 11.4. The summed E-state index contributed by atoms with van der Waals surface area (Å²) in [5.41, 5.74) is -7.38. The van der Waals surface area contributed by atoms with E-state index in [1.165, 1.54) is 6.08 Å². The van der Waals surface area contributed by atoms with Crippen molar-refractivity contribution in [2.45, 2.75) is 37.7 Å². The van der Waals surface area contributed by atoms with E-state index in [1.54, 1.807) is 0 Å². The number of anilines is 1. The van der Waals surface area contributed by atoms with E-state index in [9.17, 15) is 36.2 Å². The molecule has 0 bridgehead atoms. The first-order chi connectivity index (χ1) is 10.9. The summed E-state index contributed by atoms with van der Waals surface area (Å²) in [4.78, 5) is 11.6. The van der Waals surface area contributed by atoms with Gasteiger partial charge in [0.1, 0.15) is 0 Å². The first kappa shape index (κ1) is 20.0. The average Bonchev–Trinajstić information content (AvgIpc) is 2.45. The van der Waals surface area contributed by atoms with Crippen molar-refractivity contribution in [1.29, 1.82) is 0 Å². The lowest BCUT2D eigenvalue weighted by Crippen LogP contribution is -2.54. The van der Waals surface area contributed by atoms with Crippen molar-refractivity contribution in [2.24, 2.45) is 0 Å². The van der Waals surface area contributed by atoms with Crippen LogP contribution in [0.25, 0.3) is 0 Å². The third kappa shape index (κ3) is 4.08. The Morgan fingerprint density at radius 1 is 1.12 bits per heavy atom. The maximum Gasteiger partial charge on any atom is 0.430 e. The molecule has 2 N–H and O–H groups in total. The normalized spacial score (nSPS) is 13.3. The molecule has 0 fully saturated rings. The number of rotatable bonds is 5. The Morgan fingerprint density at radius 2 is 1.67 bits per heavy atom. The zero-order valence-electron chi connectivity index (χ0n) is 12.5. The highest BCUT2D eigenvalue weighted by Gasteiger charge is 2.72. The molecule has 24 heavy (non-hydrogen) atoms.